The first kappa shape index (κ1) is 44.5. The molecule has 0 spiro atoms. The summed E-state index contributed by atoms with van der Waals surface area (Å²) < 4.78 is 26.2. The Kier molecular flexibility index (Phi) is 13.9. The Bertz CT molecular complexity index is 1960. The minimum Gasteiger partial charge on any atom is -0.507 e. The maximum Gasteiger partial charge on any atom is 0.341 e. The summed E-state index contributed by atoms with van der Waals surface area (Å²) in [6, 6.07) is 17.2. The molecule has 2 N–H and O–H groups in total. The van der Waals surface area contributed by atoms with Crippen molar-refractivity contribution < 1.29 is 34.0 Å². The molecule has 0 atom stereocenters. The highest BCUT2D eigenvalue weighted by Gasteiger charge is 2.28. The third kappa shape index (κ3) is 10.7. The standard InChI is InChI=1S/C51H68O7/c1-13-16-55-46-34-19-32-29-43(58-31-44(52)53)30-33(45(32)54)20-35-24-41(50(7,8)9)26-37(47(35)56-17-14-2)22-39-28-42(51(10,11)12)27-38(48(39)57-18-15-3)21-36(46)25-40(23-34)49(4,5)6/h23-30,54H,13-22,31H2,1-12H3,(H,52,53). The zero-order valence-electron chi connectivity index (χ0n) is 37.3. The van der Waals surface area contributed by atoms with E-state index < -0.39 is 12.6 Å². The normalized spacial score (nSPS) is 13.2. The van der Waals surface area contributed by atoms with E-state index in [4.69, 9.17) is 18.9 Å². The van der Waals surface area contributed by atoms with E-state index in [-0.39, 0.29) is 22.0 Å². The van der Waals surface area contributed by atoms with Crippen LogP contribution in [0.15, 0.2) is 48.5 Å². The number of ether oxygens (including phenoxy) is 4. The van der Waals surface area contributed by atoms with Gasteiger partial charge in [-0.1, -0.05) is 119 Å². The van der Waals surface area contributed by atoms with Crippen LogP contribution in [-0.2, 0) is 46.7 Å². The number of benzene rings is 4. The van der Waals surface area contributed by atoms with Gasteiger partial charge in [-0.2, -0.15) is 0 Å². The third-order valence-electron chi connectivity index (χ3n) is 10.8. The molecule has 0 saturated carbocycles. The number of carbonyl (C=O) groups is 1. The van der Waals surface area contributed by atoms with Gasteiger partial charge >= 0.3 is 5.97 Å². The molecule has 1 aliphatic rings. The van der Waals surface area contributed by atoms with E-state index in [0.29, 0.717) is 62.4 Å². The number of phenolic OH excluding ortho intramolecular Hbond substituents is 1. The second-order valence-electron chi connectivity index (χ2n) is 19.1. The van der Waals surface area contributed by atoms with E-state index in [1.807, 2.05) is 0 Å². The first-order chi connectivity index (χ1) is 27.2. The van der Waals surface area contributed by atoms with Gasteiger partial charge < -0.3 is 29.2 Å². The number of aromatic hydroxyl groups is 1. The van der Waals surface area contributed by atoms with Crippen molar-refractivity contribution in [3.8, 4) is 28.7 Å². The lowest BCUT2D eigenvalue weighted by atomic mass is 9.80. The van der Waals surface area contributed by atoms with Gasteiger partial charge in [0, 0.05) is 36.8 Å². The number of hydrogen-bond acceptors (Lipinski definition) is 6. The van der Waals surface area contributed by atoms with Crippen LogP contribution in [0, 0.1) is 0 Å². The van der Waals surface area contributed by atoms with Crippen molar-refractivity contribution in [2.75, 3.05) is 26.4 Å². The molecule has 314 valence electrons. The average molecular weight is 793 g/mol. The molecule has 0 radical (unpaired) electrons. The fourth-order valence-electron chi connectivity index (χ4n) is 7.57. The Balaban J connectivity index is 1.96. The van der Waals surface area contributed by atoms with Crippen molar-refractivity contribution in [2.24, 2.45) is 0 Å². The molecule has 0 heterocycles. The summed E-state index contributed by atoms with van der Waals surface area (Å²) in [4.78, 5) is 11.7. The second-order valence-corrected chi connectivity index (χ2v) is 19.1. The van der Waals surface area contributed by atoms with Gasteiger partial charge in [-0.15, -0.1) is 0 Å². The van der Waals surface area contributed by atoms with Crippen LogP contribution in [0.25, 0.3) is 0 Å². The summed E-state index contributed by atoms with van der Waals surface area (Å²) in [5.74, 6) is 2.00. The quantitative estimate of drug-likeness (QED) is 0.130. The second kappa shape index (κ2) is 18.1. The van der Waals surface area contributed by atoms with Crippen molar-refractivity contribution >= 4 is 5.97 Å². The minimum absolute atomic E-state index is 0.131. The summed E-state index contributed by atoms with van der Waals surface area (Å²) in [5.41, 5.74) is 10.6. The van der Waals surface area contributed by atoms with Gasteiger partial charge in [-0.25, -0.2) is 4.79 Å². The molecule has 7 heteroatoms. The molecule has 0 amide bonds. The zero-order valence-corrected chi connectivity index (χ0v) is 37.3. The maximum atomic E-state index is 12.3. The number of fused-ring (bicyclic) bond motifs is 8. The van der Waals surface area contributed by atoms with Gasteiger partial charge in [0.25, 0.3) is 0 Å². The summed E-state index contributed by atoms with van der Waals surface area (Å²) in [7, 11) is 0. The fraction of sp³-hybridized carbons (Fsp3) is 0.510. The van der Waals surface area contributed by atoms with E-state index in [1.165, 1.54) is 5.56 Å². The molecule has 5 rings (SSSR count). The lowest BCUT2D eigenvalue weighted by molar-refractivity contribution is -0.139. The number of rotatable bonds is 12. The van der Waals surface area contributed by atoms with Gasteiger partial charge in [0.15, 0.2) is 6.61 Å². The first-order valence-electron chi connectivity index (χ1n) is 21.3. The maximum absolute atomic E-state index is 12.3. The minimum atomic E-state index is -1.07. The number of aliphatic carboxylic acids is 1. The monoisotopic (exact) mass is 792 g/mol. The van der Waals surface area contributed by atoms with Crippen molar-refractivity contribution in [3.05, 3.63) is 110 Å². The largest absolute Gasteiger partial charge is 0.507 e. The van der Waals surface area contributed by atoms with E-state index >= 15 is 0 Å². The van der Waals surface area contributed by atoms with Crippen LogP contribution >= 0.6 is 0 Å². The molecule has 0 aromatic heterocycles. The number of carboxylic acids is 1. The Morgan fingerprint density at radius 3 is 1.00 bits per heavy atom. The van der Waals surface area contributed by atoms with Crippen molar-refractivity contribution in [1.29, 1.82) is 0 Å². The molecular formula is C51H68O7. The molecule has 0 aliphatic heterocycles. The summed E-state index contributed by atoms with van der Waals surface area (Å²) in [6.45, 7) is 27.6. The van der Waals surface area contributed by atoms with Gasteiger partial charge in [-0.3, -0.25) is 0 Å². The molecular weight excluding hydrogens is 725 g/mol. The fourth-order valence-corrected chi connectivity index (χ4v) is 7.57. The van der Waals surface area contributed by atoms with Crippen LogP contribution < -0.4 is 18.9 Å². The summed E-state index contributed by atoms with van der Waals surface area (Å²) in [6.07, 6.45) is 4.39. The first-order valence-corrected chi connectivity index (χ1v) is 21.3. The van der Waals surface area contributed by atoms with Crippen LogP contribution in [0.3, 0.4) is 0 Å². The smallest absolute Gasteiger partial charge is 0.341 e. The van der Waals surface area contributed by atoms with Gasteiger partial charge in [0.2, 0.25) is 0 Å². The lowest BCUT2D eigenvalue weighted by Crippen LogP contribution is -2.17. The van der Waals surface area contributed by atoms with Gasteiger partial charge in [-0.05, 0) is 97.7 Å². The zero-order chi connectivity index (χ0) is 42.6. The Morgan fingerprint density at radius 1 is 0.483 bits per heavy atom. The predicted molar refractivity (Wildman–Crippen MR) is 235 cm³/mol. The van der Waals surface area contributed by atoms with Gasteiger partial charge in [0.05, 0.1) is 19.8 Å². The van der Waals surface area contributed by atoms with Crippen LogP contribution in [0.5, 0.6) is 28.7 Å². The van der Waals surface area contributed by atoms with E-state index in [1.54, 1.807) is 12.1 Å². The van der Waals surface area contributed by atoms with Crippen LogP contribution in [0.4, 0.5) is 0 Å². The predicted octanol–water partition coefficient (Wildman–Crippen LogP) is 11.8. The highest BCUT2D eigenvalue weighted by atomic mass is 16.5. The molecule has 4 aromatic rings. The topological polar surface area (TPSA) is 94.5 Å². The van der Waals surface area contributed by atoms with Crippen molar-refractivity contribution in [3.63, 3.8) is 0 Å². The molecule has 4 aromatic carbocycles. The van der Waals surface area contributed by atoms with Crippen LogP contribution in [0.1, 0.15) is 164 Å². The molecule has 0 fully saturated rings. The lowest BCUT2D eigenvalue weighted by Gasteiger charge is -2.28. The summed E-state index contributed by atoms with van der Waals surface area (Å²) >= 11 is 0. The van der Waals surface area contributed by atoms with Crippen molar-refractivity contribution in [1.82, 2.24) is 0 Å². The Hall–Kier alpha value is -4.65. The third-order valence-corrected chi connectivity index (χ3v) is 10.8. The molecule has 0 saturated heterocycles. The van der Waals surface area contributed by atoms with Crippen LogP contribution in [0.2, 0.25) is 0 Å². The molecule has 0 unspecified atom stereocenters. The van der Waals surface area contributed by atoms with Gasteiger partial charge in [0.1, 0.15) is 28.7 Å². The Morgan fingerprint density at radius 2 is 0.759 bits per heavy atom. The number of hydrogen-bond donors (Lipinski definition) is 2. The molecule has 58 heavy (non-hydrogen) atoms. The number of phenols is 1. The molecule has 1 aliphatic carbocycles. The van der Waals surface area contributed by atoms with E-state index in [2.05, 4.69) is 119 Å². The average Bonchev–Trinajstić information content (AvgIpc) is 3.12. The molecule has 8 bridgehead atoms. The van der Waals surface area contributed by atoms with Crippen molar-refractivity contribution in [2.45, 2.75) is 144 Å². The number of carboxylic acid groups (broad SMARTS) is 1. The molecule has 7 nitrogen and oxygen atoms in total. The SMILES string of the molecule is CCCOc1c2cc(C(C)(C)C)cc1Cc1cc(C(C)(C)C)cc(c1OCCC)Cc1cc(C(C)(C)C)cc(c1OCCC)Cc1cc(OCC(=O)O)cc(c1O)C2. The highest BCUT2D eigenvalue weighted by molar-refractivity contribution is 5.68. The van der Waals surface area contributed by atoms with E-state index in [9.17, 15) is 15.0 Å². The Labute approximate surface area is 348 Å². The highest BCUT2D eigenvalue weighted by Crippen LogP contribution is 2.44. The summed E-state index contributed by atoms with van der Waals surface area (Å²) in [5, 5.41) is 21.9. The van der Waals surface area contributed by atoms with Crippen LogP contribution in [-0.4, -0.2) is 42.6 Å². The van der Waals surface area contributed by atoms with E-state index in [0.717, 1.165) is 81.0 Å².